The van der Waals surface area contributed by atoms with E-state index in [1.807, 2.05) is 19.1 Å². The predicted molar refractivity (Wildman–Crippen MR) is 84.1 cm³/mol. The molecule has 0 spiro atoms. The van der Waals surface area contributed by atoms with E-state index in [1.54, 1.807) is 26.1 Å². The van der Waals surface area contributed by atoms with E-state index in [0.717, 1.165) is 11.1 Å². The molecule has 0 atom stereocenters. The summed E-state index contributed by atoms with van der Waals surface area (Å²) >= 11 is 6.03. The van der Waals surface area contributed by atoms with Crippen LogP contribution in [0.15, 0.2) is 24.3 Å². The highest BCUT2D eigenvalue weighted by molar-refractivity contribution is 6.31. The monoisotopic (exact) mass is 309 g/mol. The molecule has 0 bridgehead atoms. The Hall–Kier alpha value is -1.81. The Morgan fingerprint density at radius 3 is 2.71 bits per heavy atom. The van der Waals surface area contributed by atoms with Crippen molar-refractivity contribution in [1.29, 1.82) is 0 Å². The van der Waals surface area contributed by atoms with Gasteiger partial charge in [-0.05, 0) is 37.1 Å². The molecule has 0 heterocycles. The van der Waals surface area contributed by atoms with Crippen LogP contribution in [0, 0.1) is 6.92 Å². The lowest BCUT2D eigenvalue weighted by atomic mass is 10.1. The molecule has 0 aliphatic rings. The molecule has 0 fully saturated rings. The summed E-state index contributed by atoms with van der Waals surface area (Å²) in [6.45, 7) is 4.35. The van der Waals surface area contributed by atoms with Crippen LogP contribution in [0.25, 0.3) is 6.08 Å². The minimum atomic E-state index is -0.300. The lowest BCUT2D eigenvalue weighted by molar-refractivity contribution is -0.143. The van der Waals surface area contributed by atoms with E-state index < -0.39 is 0 Å². The second kappa shape index (κ2) is 8.47. The molecule has 0 saturated carbocycles. The zero-order chi connectivity index (χ0) is 15.8. The molecule has 1 amide bonds. The Morgan fingerprint density at radius 1 is 1.38 bits per heavy atom. The van der Waals surface area contributed by atoms with Crippen molar-refractivity contribution < 1.29 is 14.3 Å². The molecule has 0 aromatic heterocycles. The lowest BCUT2D eigenvalue weighted by Crippen LogP contribution is -2.27. The molecule has 0 radical (unpaired) electrons. The Balaban J connectivity index is 2.53. The second-order valence-electron chi connectivity index (χ2n) is 4.66. The van der Waals surface area contributed by atoms with Gasteiger partial charge in [-0.15, -0.1) is 0 Å². The highest BCUT2D eigenvalue weighted by Gasteiger charge is 2.08. The van der Waals surface area contributed by atoms with E-state index in [0.29, 0.717) is 18.2 Å². The minimum Gasteiger partial charge on any atom is -0.466 e. The number of hydrogen-bond acceptors (Lipinski definition) is 3. The average molecular weight is 310 g/mol. The van der Waals surface area contributed by atoms with Crippen LogP contribution in [0.4, 0.5) is 0 Å². The first-order valence-corrected chi connectivity index (χ1v) is 7.16. The second-order valence-corrected chi connectivity index (χ2v) is 5.06. The van der Waals surface area contributed by atoms with Gasteiger partial charge in [0.2, 0.25) is 5.91 Å². The molecule has 5 heteroatoms. The summed E-state index contributed by atoms with van der Waals surface area (Å²) in [5.41, 5.74) is 1.85. The molecule has 0 aliphatic carbocycles. The molecule has 0 saturated heterocycles. The van der Waals surface area contributed by atoms with Gasteiger partial charge in [-0.1, -0.05) is 23.7 Å². The van der Waals surface area contributed by atoms with Crippen molar-refractivity contribution in [2.45, 2.75) is 20.3 Å². The highest BCUT2D eigenvalue weighted by atomic mass is 35.5. The van der Waals surface area contributed by atoms with E-state index in [2.05, 4.69) is 0 Å². The van der Waals surface area contributed by atoms with Crippen LogP contribution >= 0.6 is 11.6 Å². The number of rotatable bonds is 6. The summed E-state index contributed by atoms with van der Waals surface area (Å²) in [6.07, 6.45) is 3.36. The summed E-state index contributed by atoms with van der Waals surface area (Å²) in [4.78, 5) is 24.6. The molecule has 0 N–H and O–H groups in total. The van der Waals surface area contributed by atoms with E-state index >= 15 is 0 Å². The van der Waals surface area contributed by atoms with Crippen LogP contribution in [-0.2, 0) is 14.3 Å². The van der Waals surface area contributed by atoms with Crippen molar-refractivity contribution in [3.63, 3.8) is 0 Å². The Bertz CT molecular complexity index is 540. The summed E-state index contributed by atoms with van der Waals surface area (Å²) in [6, 6.07) is 5.60. The Morgan fingerprint density at radius 2 is 2.10 bits per heavy atom. The van der Waals surface area contributed by atoms with Crippen molar-refractivity contribution in [3.05, 3.63) is 40.4 Å². The van der Waals surface area contributed by atoms with Gasteiger partial charge in [-0.25, -0.2) is 0 Å². The fraction of sp³-hybridized carbons (Fsp3) is 0.375. The van der Waals surface area contributed by atoms with Crippen molar-refractivity contribution >= 4 is 29.6 Å². The van der Waals surface area contributed by atoms with Crippen LogP contribution in [0.5, 0.6) is 0 Å². The van der Waals surface area contributed by atoms with E-state index in [-0.39, 0.29) is 18.3 Å². The summed E-state index contributed by atoms with van der Waals surface area (Å²) in [5.74, 6) is -0.470. The van der Waals surface area contributed by atoms with Gasteiger partial charge < -0.3 is 9.64 Å². The lowest BCUT2D eigenvalue weighted by Gasteiger charge is -2.14. The highest BCUT2D eigenvalue weighted by Crippen LogP contribution is 2.17. The topological polar surface area (TPSA) is 46.6 Å². The number of amides is 1. The van der Waals surface area contributed by atoms with Gasteiger partial charge in [0.15, 0.2) is 0 Å². The number of likely N-dealkylation sites (N-methyl/N-ethyl adjacent to an activating group) is 1. The minimum absolute atomic E-state index is 0.170. The molecule has 1 aromatic carbocycles. The van der Waals surface area contributed by atoms with Gasteiger partial charge in [0.1, 0.15) is 0 Å². The molecule has 4 nitrogen and oxygen atoms in total. The maximum Gasteiger partial charge on any atom is 0.307 e. The smallest absolute Gasteiger partial charge is 0.307 e. The van der Waals surface area contributed by atoms with E-state index in [1.165, 1.54) is 11.0 Å². The number of halogens is 1. The van der Waals surface area contributed by atoms with Gasteiger partial charge in [-0.2, -0.15) is 0 Å². The molecule has 1 aromatic rings. The van der Waals surface area contributed by atoms with Crippen LogP contribution < -0.4 is 0 Å². The third-order valence-electron chi connectivity index (χ3n) is 2.95. The number of nitrogens with zero attached hydrogens (tertiary/aromatic N) is 1. The largest absolute Gasteiger partial charge is 0.466 e. The number of hydrogen-bond donors (Lipinski definition) is 0. The molecule has 0 unspecified atom stereocenters. The molecule has 1 rings (SSSR count). The molecular formula is C16H20ClNO3. The maximum atomic E-state index is 11.9. The van der Waals surface area contributed by atoms with Gasteiger partial charge in [0.25, 0.3) is 0 Å². The molecule has 21 heavy (non-hydrogen) atoms. The van der Waals surface area contributed by atoms with Crippen molar-refractivity contribution in [2.24, 2.45) is 0 Å². The van der Waals surface area contributed by atoms with Crippen LogP contribution in [0.3, 0.4) is 0 Å². The van der Waals surface area contributed by atoms with Gasteiger partial charge in [0.05, 0.1) is 13.0 Å². The molecule has 0 aliphatic heterocycles. The number of carbonyl (C=O) groups excluding carboxylic acids is 2. The first-order chi connectivity index (χ1) is 9.93. The number of esters is 1. The first-order valence-electron chi connectivity index (χ1n) is 6.79. The average Bonchev–Trinajstić information content (AvgIpc) is 2.46. The van der Waals surface area contributed by atoms with Gasteiger partial charge >= 0.3 is 5.97 Å². The number of benzene rings is 1. The predicted octanol–water partition coefficient (Wildman–Crippen LogP) is 3.07. The maximum absolute atomic E-state index is 11.9. The van der Waals surface area contributed by atoms with Crippen LogP contribution in [0.2, 0.25) is 5.02 Å². The molecular weight excluding hydrogens is 290 g/mol. The normalized spacial score (nSPS) is 10.7. The van der Waals surface area contributed by atoms with Gasteiger partial charge in [-0.3, -0.25) is 9.59 Å². The van der Waals surface area contributed by atoms with Crippen molar-refractivity contribution in [3.8, 4) is 0 Å². The summed E-state index contributed by atoms with van der Waals surface area (Å²) in [7, 11) is 1.65. The van der Waals surface area contributed by atoms with Crippen LogP contribution in [0.1, 0.15) is 24.5 Å². The third kappa shape index (κ3) is 6.00. The number of aryl methyl sites for hydroxylation is 1. The van der Waals surface area contributed by atoms with E-state index in [9.17, 15) is 9.59 Å². The van der Waals surface area contributed by atoms with Gasteiger partial charge in [0, 0.05) is 24.7 Å². The Kier molecular flexibility index (Phi) is 6.96. The fourth-order valence-electron chi connectivity index (χ4n) is 1.61. The Labute approximate surface area is 130 Å². The summed E-state index contributed by atoms with van der Waals surface area (Å²) < 4.78 is 4.82. The first kappa shape index (κ1) is 17.2. The fourth-order valence-corrected chi connectivity index (χ4v) is 1.80. The van der Waals surface area contributed by atoms with Crippen LogP contribution in [-0.4, -0.2) is 37.0 Å². The summed E-state index contributed by atoms with van der Waals surface area (Å²) in [5, 5.41) is 0.667. The van der Waals surface area contributed by atoms with Crippen molar-refractivity contribution in [2.75, 3.05) is 20.2 Å². The third-order valence-corrected chi connectivity index (χ3v) is 3.35. The molecule has 114 valence electrons. The zero-order valence-corrected chi connectivity index (χ0v) is 13.3. The van der Waals surface area contributed by atoms with Crippen molar-refractivity contribution in [1.82, 2.24) is 4.90 Å². The number of ether oxygens (including phenoxy) is 1. The quantitative estimate of drug-likeness (QED) is 0.599. The zero-order valence-electron chi connectivity index (χ0n) is 12.6. The number of carbonyl (C=O) groups is 2. The van der Waals surface area contributed by atoms with E-state index in [4.69, 9.17) is 16.3 Å². The standard InChI is InChI=1S/C16H20ClNO3/c1-4-21-16(20)9-10-18(3)15(19)8-7-13-6-5-12(2)14(17)11-13/h5-8,11H,4,9-10H2,1-3H3. The SMILES string of the molecule is CCOC(=O)CCN(C)C(=O)C=Cc1ccc(C)c(Cl)c1.